The van der Waals surface area contributed by atoms with Crippen molar-refractivity contribution in [2.45, 2.75) is 26.7 Å². The molecule has 0 aromatic carbocycles. The number of hydrogen-bond acceptors (Lipinski definition) is 4. The summed E-state index contributed by atoms with van der Waals surface area (Å²) in [7, 11) is 0. The Kier molecular flexibility index (Phi) is 2.74. The van der Waals surface area contributed by atoms with E-state index in [4.69, 9.17) is 4.42 Å². The lowest BCUT2D eigenvalue weighted by molar-refractivity contribution is 0.101. The summed E-state index contributed by atoms with van der Waals surface area (Å²) >= 11 is 0. The van der Waals surface area contributed by atoms with Gasteiger partial charge in [-0.25, -0.2) is 4.79 Å². The number of ketones is 1. The minimum absolute atomic E-state index is 0.00130. The molecule has 0 bridgehead atoms. The molecule has 1 heterocycles. The Balaban J connectivity index is 3.43. The van der Waals surface area contributed by atoms with Gasteiger partial charge in [0.1, 0.15) is 5.76 Å². The molecule has 0 saturated heterocycles. The zero-order valence-electron chi connectivity index (χ0n) is 8.33. The molecule has 1 aromatic rings. The summed E-state index contributed by atoms with van der Waals surface area (Å²) in [6.07, 6.45) is 0. The molecule has 1 N–H and O–H groups in total. The molecule has 4 nitrogen and oxygen atoms in total. The summed E-state index contributed by atoms with van der Waals surface area (Å²) in [5.41, 5.74) is -0.841. The first-order valence-corrected chi connectivity index (χ1v) is 4.31. The van der Waals surface area contributed by atoms with Crippen molar-refractivity contribution >= 4 is 5.78 Å². The zero-order chi connectivity index (χ0) is 10.9. The van der Waals surface area contributed by atoms with Crippen molar-refractivity contribution in [1.82, 2.24) is 0 Å². The largest absolute Gasteiger partial charge is 0.501 e. The highest BCUT2D eigenvalue weighted by Crippen LogP contribution is 2.19. The van der Waals surface area contributed by atoms with E-state index in [1.54, 1.807) is 0 Å². The van der Waals surface area contributed by atoms with Gasteiger partial charge in [0.15, 0.2) is 5.78 Å². The van der Waals surface area contributed by atoms with Gasteiger partial charge in [0.2, 0.25) is 5.75 Å². The Morgan fingerprint density at radius 2 is 2.07 bits per heavy atom. The van der Waals surface area contributed by atoms with Crippen LogP contribution < -0.4 is 5.63 Å². The molecule has 0 aliphatic heterocycles. The Bertz CT molecular complexity index is 415. The summed E-state index contributed by atoms with van der Waals surface area (Å²) < 4.78 is 4.80. The van der Waals surface area contributed by atoms with Gasteiger partial charge < -0.3 is 9.52 Å². The van der Waals surface area contributed by atoms with Gasteiger partial charge in [-0.2, -0.15) is 0 Å². The molecule has 1 rings (SSSR count). The first-order chi connectivity index (χ1) is 6.43. The van der Waals surface area contributed by atoms with E-state index in [9.17, 15) is 14.7 Å². The molecule has 0 spiro atoms. The quantitative estimate of drug-likeness (QED) is 0.730. The van der Waals surface area contributed by atoms with Crippen LogP contribution in [0.4, 0.5) is 0 Å². The van der Waals surface area contributed by atoms with Crippen molar-refractivity contribution in [1.29, 1.82) is 0 Å². The molecule has 0 aliphatic rings. The third-order valence-electron chi connectivity index (χ3n) is 1.89. The van der Waals surface area contributed by atoms with Crippen LogP contribution in [0.25, 0.3) is 0 Å². The maximum absolute atomic E-state index is 11.1. The Morgan fingerprint density at radius 3 is 2.50 bits per heavy atom. The van der Waals surface area contributed by atoms with Crippen molar-refractivity contribution in [2.24, 2.45) is 0 Å². The molecule has 0 amide bonds. The summed E-state index contributed by atoms with van der Waals surface area (Å²) in [6.45, 7) is 4.96. The van der Waals surface area contributed by atoms with Crippen LogP contribution in [0.15, 0.2) is 15.3 Å². The maximum Gasteiger partial charge on any atom is 0.379 e. The number of carbonyl (C=O) groups is 1. The van der Waals surface area contributed by atoms with Crippen molar-refractivity contribution in [3.8, 4) is 5.75 Å². The first kappa shape index (κ1) is 10.5. The van der Waals surface area contributed by atoms with Gasteiger partial charge in [-0.05, 0) is 13.0 Å². The lowest BCUT2D eigenvalue weighted by Gasteiger charge is -2.05. The normalized spacial score (nSPS) is 10.6. The average Bonchev–Trinajstić information content (AvgIpc) is 2.08. The fraction of sp³-hybridized carbons (Fsp3) is 0.400. The van der Waals surface area contributed by atoms with Gasteiger partial charge in [-0.3, -0.25) is 4.79 Å². The van der Waals surface area contributed by atoms with Crippen molar-refractivity contribution < 1.29 is 14.3 Å². The molecule has 0 radical (unpaired) electrons. The van der Waals surface area contributed by atoms with E-state index in [0.29, 0.717) is 5.76 Å². The van der Waals surface area contributed by atoms with E-state index in [-0.39, 0.29) is 17.3 Å². The molecule has 76 valence electrons. The van der Waals surface area contributed by atoms with Crippen LogP contribution in [0.3, 0.4) is 0 Å². The second-order valence-electron chi connectivity index (χ2n) is 3.41. The number of Topliss-reactive ketones (excluding diaryl/α,β-unsaturated/α-hetero) is 1. The molecular weight excluding hydrogens is 184 g/mol. The van der Waals surface area contributed by atoms with Gasteiger partial charge in [-0.1, -0.05) is 13.8 Å². The molecule has 0 fully saturated rings. The molecule has 0 aliphatic carbocycles. The SMILES string of the molecule is CC(=O)c1cc(C(C)C)oc(=O)c1O. The zero-order valence-corrected chi connectivity index (χ0v) is 8.33. The number of hydrogen-bond donors (Lipinski definition) is 1. The summed E-state index contributed by atoms with van der Waals surface area (Å²) in [6, 6.07) is 1.41. The average molecular weight is 196 g/mol. The van der Waals surface area contributed by atoms with E-state index in [2.05, 4.69) is 0 Å². The minimum Gasteiger partial charge on any atom is -0.501 e. The van der Waals surface area contributed by atoms with Gasteiger partial charge in [0, 0.05) is 5.92 Å². The summed E-state index contributed by atoms with van der Waals surface area (Å²) in [5.74, 6) is -0.557. The lowest BCUT2D eigenvalue weighted by atomic mass is 10.1. The second kappa shape index (κ2) is 3.65. The van der Waals surface area contributed by atoms with Crippen LogP contribution in [0.1, 0.15) is 42.8 Å². The van der Waals surface area contributed by atoms with E-state index < -0.39 is 11.4 Å². The highest BCUT2D eigenvalue weighted by Gasteiger charge is 2.15. The Hall–Kier alpha value is -1.58. The monoisotopic (exact) mass is 196 g/mol. The molecule has 14 heavy (non-hydrogen) atoms. The molecule has 1 aromatic heterocycles. The molecule has 4 heteroatoms. The molecular formula is C10H12O4. The predicted octanol–water partition coefficient (Wildman–Crippen LogP) is 1.67. The van der Waals surface area contributed by atoms with Crippen LogP contribution in [0.2, 0.25) is 0 Å². The Morgan fingerprint density at radius 1 is 1.50 bits per heavy atom. The maximum atomic E-state index is 11.1. The van der Waals surface area contributed by atoms with E-state index in [1.165, 1.54) is 13.0 Å². The fourth-order valence-electron chi connectivity index (χ4n) is 1.06. The van der Waals surface area contributed by atoms with Gasteiger partial charge in [0.05, 0.1) is 5.56 Å². The molecule has 0 unspecified atom stereocenters. The van der Waals surface area contributed by atoms with Crippen LogP contribution in [-0.2, 0) is 0 Å². The minimum atomic E-state index is -0.860. The summed E-state index contributed by atoms with van der Waals surface area (Å²) in [4.78, 5) is 22.2. The number of rotatable bonds is 2. The van der Waals surface area contributed by atoms with Crippen LogP contribution in [0, 0.1) is 0 Å². The molecule has 0 saturated carbocycles. The third-order valence-corrected chi connectivity index (χ3v) is 1.89. The highest BCUT2D eigenvalue weighted by atomic mass is 16.4. The van der Waals surface area contributed by atoms with Gasteiger partial charge >= 0.3 is 5.63 Å². The van der Waals surface area contributed by atoms with Gasteiger partial charge in [0.25, 0.3) is 0 Å². The topological polar surface area (TPSA) is 67.5 Å². The Labute approximate surface area is 81.2 Å². The summed E-state index contributed by atoms with van der Waals surface area (Å²) in [5, 5.41) is 9.25. The van der Waals surface area contributed by atoms with Crippen LogP contribution >= 0.6 is 0 Å². The number of aromatic hydroxyl groups is 1. The third kappa shape index (κ3) is 1.84. The van der Waals surface area contributed by atoms with Crippen molar-refractivity contribution in [3.05, 3.63) is 27.8 Å². The fourth-order valence-corrected chi connectivity index (χ4v) is 1.06. The number of carbonyl (C=O) groups excluding carboxylic acids is 1. The molecule has 0 atom stereocenters. The van der Waals surface area contributed by atoms with E-state index in [0.717, 1.165) is 0 Å². The smallest absolute Gasteiger partial charge is 0.379 e. The standard InChI is InChI=1S/C10H12O4/c1-5(2)8-4-7(6(3)11)9(12)10(13)14-8/h4-5,12H,1-3H3. The van der Waals surface area contributed by atoms with E-state index in [1.807, 2.05) is 13.8 Å². The van der Waals surface area contributed by atoms with Crippen molar-refractivity contribution in [3.63, 3.8) is 0 Å². The second-order valence-corrected chi connectivity index (χ2v) is 3.41. The first-order valence-electron chi connectivity index (χ1n) is 4.31. The van der Waals surface area contributed by atoms with Crippen LogP contribution in [-0.4, -0.2) is 10.9 Å². The highest BCUT2D eigenvalue weighted by molar-refractivity contribution is 5.96. The van der Waals surface area contributed by atoms with Crippen molar-refractivity contribution in [2.75, 3.05) is 0 Å². The predicted molar refractivity (Wildman–Crippen MR) is 50.7 cm³/mol. The van der Waals surface area contributed by atoms with Crippen LogP contribution in [0.5, 0.6) is 5.75 Å². The lowest BCUT2D eigenvalue weighted by Crippen LogP contribution is -2.08. The van der Waals surface area contributed by atoms with E-state index >= 15 is 0 Å². The van der Waals surface area contributed by atoms with Gasteiger partial charge in [-0.15, -0.1) is 0 Å².